The molecule has 0 saturated carbocycles. The number of nitrogens with zero attached hydrogens (tertiary/aromatic N) is 5. The number of hydrogen-bond donors (Lipinski definition) is 3. The normalized spacial score (nSPS) is 11.1. The minimum Gasteiger partial charge on any atom is -0.495 e. The monoisotopic (exact) mass is 482 g/mol. The van der Waals surface area contributed by atoms with Crippen LogP contribution in [0, 0.1) is 0 Å². The highest BCUT2D eigenvalue weighted by Crippen LogP contribution is 2.34. The third-order valence-corrected chi connectivity index (χ3v) is 5.65. The number of carbonyl (C=O) groups is 1. The Balaban J connectivity index is 1.57. The lowest BCUT2D eigenvalue weighted by Crippen LogP contribution is -2.38. The average molecular weight is 483 g/mol. The number of benzene rings is 2. The van der Waals surface area contributed by atoms with Gasteiger partial charge in [0.1, 0.15) is 5.75 Å². The van der Waals surface area contributed by atoms with E-state index in [1.807, 2.05) is 56.1 Å². The summed E-state index contributed by atoms with van der Waals surface area (Å²) in [5, 5.41) is 19.0. The molecule has 0 radical (unpaired) electrons. The third kappa shape index (κ3) is 4.76. The molecule has 0 fully saturated rings. The maximum Gasteiger partial charge on any atom is 0.239 e. The predicted octanol–water partition coefficient (Wildman–Crippen LogP) is 3.72. The van der Waals surface area contributed by atoms with Crippen molar-refractivity contribution in [3.8, 4) is 17.1 Å². The molecule has 0 unspecified atom stereocenters. The molecule has 0 saturated heterocycles. The van der Waals surface area contributed by atoms with Crippen molar-refractivity contribution in [2.45, 2.75) is 19.9 Å². The number of ether oxygens (including phenoxy) is 1. The Bertz CT molecular complexity index is 1330. The van der Waals surface area contributed by atoms with Crippen LogP contribution in [0.1, 0.15) is 13.8 Å². The lowest BCUT2D eigenvalue weighted by Gasteiger charge is -2.22. The molecule has 4 aromatic rings. The van der Waals surface area contributed by atoms with Gasteiger partial charge in [0.05, 0.1) is 41.8 Å². The van der Waals surface area contributed by atoms with Gasteiger partial charge in [-0.2, -0.15) is 10.1 Å². The summed E-state index contributed by atoms with van der Waals surface area (Å²) in [7, 11) is 5.24. The first kappa shape index (κ1) is 23.4. The van der Waals surface area contributed by atoms with Crippen LogP contribution in [-0.2, 0) is 11.8 Å². The molecule has 0 spiro atoms. The molecule has 0 aliphatic carbocycles. The smallest absolute Gasteiger partial charge is 0.239 e. The number of methoxy groups -OCH3 is 1. The highest BCUT2D eigenvalue weighted by atomic mass is 35.5. The van der Waals surface area contributed by atoms with Crippen molar-refractivity contribution in [3.05, 3.63) is 41.6 Å². The highest BCUT2D eigenvalue weighted by molar-refractivity contribution is 6.38. The summed E-state index contributed by atoms with van der Waals surface area (Å²) in [4.78, 5) is 18.6. The maximum atomic E-state index is 12.2. The van der Waals surface area contributed by atoms with Gasteiger partial charge in [-0.05, 0) is 44.2 Å². The van der Waals surface area contributed by atoms with Crippen LogP contribution in [-0.4, -0.2) is 57.6 Å². The second-order valence-electron chi connectivity index (χ2n) is 8.23. The predicted molar refractivity (Wildman–Crippen MR) is 134 cm³/mol. The number of likely N-dealkylation sites (N-methyl/N-ethyl adjacent to an activating group) is 1. The lowest BCUT2D eigenvalue weighted by molar-refractivity contribution is -0.120. The molecule has 34 heavy (non-hydrogen) atoms. The number of nitrogens with one attached hydrogen (secondary N) is 3. The van der Waals surface area contributed by atoms with Gasteiger partial charge < -0.3 is 20.3 Å². The summed E-state index contributed by atoms with van der Waals surface area (Å²) in [6.45, 7) is 4.07. The standard InChI is InChI=1S/C23H27ClN8O2/c1-13(2)26-20(33)12-31(3)18-9-6-14(10-19(18)34-5)22-28-23(32(4)30-22)27-17-8-7-16-15(21(17)24)11-25-29-16/h6-11,13H,12H2,1-5H3,(H,25,29)(H,26,33)(H,27,28,30). The Hall–Kier alpha value is -3.79. The van der Waals surface area contributed by atoms with E-state index in [-0.39, 0.29) is 18.5 Å². The van der Waals surface area contributed by atoms with Gasteiger partial charge in [0, 0.05) is 31.1 Å². The molecule has 178 valence electrons. The largest absolute Gasteiger partial charge is 0.495 e. The van der Waals surface area contributed by atoms with Gasteiger partial charge in [0.2, 0.25) is 11.9 Å². The molecular formula is C23H27ClN8O2. The SMILES string of the molecule is COc1cc(-c2nc(Nc3ccc4[nH]ncc4c3Cl)n(C)n2)ccc1N(C)CC(=O)NC(C)C. The Labute approximate surface area is 202 Å². The summed E-state index contributed by atoms with van der Waals surface area (Å²) in [6, 6.07) is 9.49. The molecule has 11 heteroatoms. The van der Waals surface area contributed by atoms with E-state index in [9.17, 15) is 4.79 Å². The van der Waals surface area contributed by atoms with E-state index in [2.05, 4.69) is 30.9 Å². The minimum atomic E-state index is -0.0574. The van der Waals surface area contributed by atoms with E-state index >= 15 is 0 Å². The lowest BCUT2D eigenvalue weighted by atomic mass is 10.1. The molecule has 2 aromatic carbocycles. The summed E-state index contributed by atoms with van der Waals surface area (Å²) >= 11 is 6.53. The number of anilines is 3. The number of aryl methyl sites for hydroxylation is 1. The molecule has 0 aliphatic rings. The molecule has 2 aromatic heterocycles. The van der Waals surface area contributed by atoms with E-state index in [4.69, 9.17) is 16.3 Å². The molecule has 0 atom stereocenters. The van der Waals surface area contributed by atoms with Gasteiger partial charge >= 0.3 is 0 Å². The average Bonchev–Trinajstić information content (AvgIpc) is 3.41. The third-order valence-electron chi connectivity index (χ3n) is 5.25. The Morgan fingerprint density at radius 3 is 2.82 bits per heavy atom. The fourth-order valence-electron chi connectivity index (χ4n) is 3.62. The molecule has 0 aliphatic heterocycles. The number of halogens is 1. The summed E-state index contributed by atoms with van der Waals surface area (Å²) in [5.74, 6) is 1.62. The van der Waals surface area contributed by atoms with Gasteiger partial charge in [-0.3, -0.25) is 9.89 Å². The van der Waals surface area contributed by atoms with Crippen molar-refractivity contribution >= 4 is 45.7 Å². The van der Waals surface area contributed by atoms with Crippen LogP contribution in [0.2, 0.25) is 5.02 Å². The zero-order valence-corrected chi connectivity index (χ0v) is 20.4. The minimum absolute atomic E-state index is 0.0574. The van der Waals surface area contributed by atoms with E-state index in [0.717, 1.165) is 22.2 Å². The second-order valence-corrected chi connectivity index (χ2v) is 8.61. The zero-order chi connectivity index (χ0) is 24.4. The number of carbonyl (C=O) groups excluding carboxylic acids is 1. The van der Waals surface area contributed by atoms with Crippen LogP contribution < -0.4 is 20.3 Å². The molecule has 10 nitrogen and oxygen atoms in total. The highest BCUT2D eigenvalue weighted by Gasteiger charge is 2.17. The fourth-order valence-corrected chi connectivity index (χ4v) is 3.88. The number of H-pyrrole nitrogens is 1. The first-order valence-electron chi connectivity index (χ1n) is 10.8. The van der Waals surface area contributed by atoms with Crippen LogP contribution in [0.4, 0.5) is 17.3 Å². The van der Waals surface area contributed by atoms with Gasteiger partial charge in [-0.15, -0.1) is 5.10 Å². The Morgan fingerprint density at radius 2 is 2.09 bits per heavy atom. The Morgan fingerprint density at radius 1 is 1.29 bits per heavy atom. The molecule has 4 rings (SSSR count). The number of fused-ring (bicyclic) bond motifs is 1. The number of aromatic nitrogens is 5. The second kappa shape index (κ2) is 9.60. The fraction of sp³-hybridized carbons (Fsp3) is 0.304. The van der Waals surface area contributed by atoms with Gasteiger partial charge in [-0.25, -0.2) is 4.68 Å². The number of rotatable bonds is 8. The van der Waals surface area contributed by atoms with Crippen LogP contribution in [0.5, 0.6) is 5.75 Å². The van der Waals surface area contributed by atoms with E-state index in [1.54, 1.807) is 25.0 Å². The van der Waals surface area contributed by atoms with E-state index < -0.39 is 0 Å². The molecular weight excluding hydrogens is 456 g/mol. The first-order chi connectivity index (χ1) is 16.3. The summed E-state index contributed by atoms with van der Waals surface area (Å²) < 4.78 is 7.24. The molecule has 3 N–H and O–H groups in total. The quantitative estimate of drug-likeness (QED) is 0.350. The van der Waals surface area contributed by atoms with E-state index in [1.165, 1.54) is 0 Å². The molecule has 2 heterocycles. The van der Waals surface area contributed by atoms with Crippen molar-refractivity contribution in [1.82, 2.24) is 30.3 Å². The van der Waals surface area contributed by atoms with Crippen molar-refractivity contribution in [3.63, 3.8) is 0 Å². The van der Waals surface area contributed by atoms with Gasteiger partial charge in [-0.1, -0.05) is 11.6 Å². The van der Waals surface area contributed by atoms with Crippen molar-refractivity contribution in [1.29, 1.82) is 0 Å². The first-order valence-corrected chi connectivity index (χ1v) is 11.1. The van der Waals surface area contributed by atoms with E-state index in [0.29, 0.717) is 28.2 Å². The molecule has 0 bridgehead atoms. The zero-order valence-electron chi connectivity index (χ0n) is 19.7. The van der Waals surface area contributed by atoms with Crippen LogP contribution in [0.25, 0.3) is 22.3 Å². The Kier molecular flexibility index (Phi) is 6.60. The van der Waals surface area contributed by atoms with Crippen molar-refractivity contribution in [2.24, 2.45) is 7.05 Å². The van der Waals surface area contributed by atoms with Crippen LogP contribution in [0.15, 0.2) is 36.5 Å². The number of aromatic amines is 1. The summed E-state index contributed by atoms with van der Waals surface area (Å²) in [6.07, 6.45) is 1.68. The van der Waals surface area contributed by atoms with Crippen molar-refractivity contribution < 1.29 is 9.53 Å². The molecule has 1 amide bonds. The number of amides is 1. The van der Waals surface area contributed by atoms with Gasteiger partial charge in [0.15, 0.2) is 5.82 Å². The van der Waals surface area contributed by atoms with Crippen molar-refractivity contribution in [2.75, 3.05) is 30.9 Å². The summed E-state index contributed by atoms with van der Waals surface area (Å²) in [5.41, 5.74) is 3.13. The topological polar surface area (TPSA) is 113 Å². The number of hydrogen-bond acceptors (Lipinski definition) is 7. The maximum absolute atomic E-state index is 12.2. The van der Waals surface area contributed by atoms with Crippen LogP contribution in [0.3, 0.4) is 0 Å². The van der Waals surface area contributed by atoms with Crippen LogP contribution >= 0.6 is 11.6 Å². The van der Waals surface area contributed by atoms with Gasteiger partial charge in [0.25, 0.3) is 0 Å².